The first kappa shape index (κ1) is 14.4. The van der Waals surface area contributed by atoms with E-state index >= 15 is 0 Å². The fourth-order valence-electron chi connectivity index (χ4n) is 1.56. The van der Waals surface area contributed by atoms with Crippen molar-refractivity contribution in [2.75, 3.05) is 12.0 Å². The van der Waals surface area contributed by atoms with Crippen molar-refractivity contribution in [3.8, 4) is 17.0 Å². The van der Waals surface area contributed by atoms with E-state index in [4.69, 9.17) is 5.73 Å². The Labute approximate surface area is 117 Å². The fourth-order valence-corrected chi connectivity index (χ4v) is 1.95. The van der Waals surface area contributed by atoms with Crippen molar-refractivity contribution in [1.29, 1.82) is 0 Å². The molecular formula is C12H10F3N3OS. The van der Waals surface area contributed by atoms with Gasteiger partial charge in [0.2, 0.25) is 0 Å². The van der Waals surface area contributed by atoms with Gasteiger partial charge in [-0.1, -0.05) is 23.9 Å². The highest BCUT2D eigenvalue weighted by Crippen LogP contribution is 2.33. The number of nitrogens with zero attached hydrogens (tertiary/aromatic N) is 2. The maximum absolute atomic E-state index is 12.4. The lowest BCUT2D eigenvalue weighted by Crippen LogP contribution is -2.17. The van der Waals surface area contributed by atoms with Crippen LogP contribution in [-0.2, 0) is 0 Å². The van der Waals surface area contributed by atoms with Gasteiger partial charge in [0.15, 0.2) is 5.16 Å². The molecule has 4 nitrogen and oxygen atoms in total. The number of thioether (sulfide) groups is 1. The molecule has 106 valence electrons. The predicted molar refractivity (Wildman–Crippen MR) is 70.3 cm³/mol. The number of aromatic nitrogens is 2. The summed E-state index contributed by atoms with van der Waals surface area (Å²) in [6.07, 6.45) is -3.02. The molecule has 1 heterocycles. The van der Waals surface area contributed by atoms with Gasteiger partial charge in [-0.15, -0.1) is 13.2 Å². The van der Waals surface area contributed by atoms with Gasteiger partial charge in [-0.3, -0.25) is 0 Å². The summed E-state index contributed by atoms with van der Waals surface area (Å²) in [6, 6.07) is 7.14. The summed E-state index contributed by atoms with van der Waals surface area (Å²) >= 11 is 1.25. The number of ether oxygens (including phenoxy) is 1. The molecule has 0 radical (unpaired) electrons. The molecule has 2 rings (SSSR count). The Balaban J connectivity index is 2.50. The van der Waals surface area contributed by atoms with Crippen LogP contribution < -0.4 is 10.5 Å². The molecule has 0 atom stereocenters. The molecule has 0 aliphatic carbocycles. The van der Waals surface area contributed by atoms with Crippen LogP contribution in [0.3, 0.4) is 0 Å². The van der Waals surface area contributed by atoms with Gasteiger partial charge in [0.25, 0.3) is 0 Å². The zero-order chi connectivity index (χ0) is 14.8. The monoisotopic (exact) mass is 301 g/mol. The van der Waals surface area contributed by atoms with E-state index in [0.717, 1.165) is 0 Å². The minimum Gasteiger partial charge on any atom is -0.405 e. The Hall–Kier alpha value is -1.96. The van der Waals surface area contributed by atoms with Crippen LogP contribution in [0.15, 0.2) is 35.5 Å². The number of halogens is 3. The lowest BCUT2D eigenvalue weighted by atomic mass is 10.1. The van der Waals surface area contributed by atoms with Gasteiger partial charge in [0.1, 0.15) is 11.6 Å². The molecule has 0 spiro atoms. The number of rotatable bonds is 3. The van der Waals surface area contributed by atoms with E-state index < -0.39 is 6.36 Å². The highest BCUT2D eigenvalue weighted by Gasteiger charge is 2.32. The van der Waals surface area contributed by atoms with E-state index in [1.54, 1.807) is 12.3 Å². The molecular weight excluding hydrogens is 291 g/mol. The number of anilines is 1. The number of nitrogen functional groups attached to an aromatic ring is 1. The van der Waals surface area contributed by atoms with Gasteiger partial charge in [-0.2, -0.15) is 0 Å². The minimum atomic E-state index is -4.77. The second kappa shape index (κ2) is 5.58. The summed E-state index contributed by atoms with van der Waals surface area (Å²) < 4.78 is 41.1. The summed E-state index contributed by atoms with van der Waals surface area (Å²) in [6.45, 7) is 0. The first-order valence-corrected chi connectivity index (χ1v) is 6.65. The van der Waals surface area contributed by atoms with Gasteiger partial charge >= 0.3 is 6.36 Å². The average Bonchev–Trinajstić information content (AvgIpc) is 2.36. The highest BCUT2D eigenvalue weighted by molar-refractivity contribution is 7.98. The Morgan fingerprint density at radius 3 is 2.55 bits per heavy atom. The summed E-state index contributed by atoms with van der Waals surface area (Å²) in [5.41, 5.74) is 6.10. The molecule has 20 heavy (non-hydrogen) atoms. The summed E-state index contributed by atoms with van der Waals surface area (Å²) in [7, 11) is 0. The summed E-state index contributed by atoms with van der Waals surface area (Å²) in [5, 5.41) is 0.377. The number of benzene rings is 1. The van der Waals surface area contributed by atoms with E-state index in [-0.39, 0.29) is 22.8 Å². The number of hydrogen-bond donors (Lipinski definition) is 1. The SMILES string of the molecule is CSc1nc(N)cc(-c2ccccc2OC(F)(F)F)n1. The molecule has 0 aliphatic heterocycles. The van der Waals surface area contributed by atoms with Gasteiger partial charge in [-0.05, 0) is 18.4 Å². The first-order chi connectivity index (χ1) is 9.39. The summed E-state index contributed by atoms with van der Waals surface area (Å²) in [5.74, 6) is -0.147. The van der Waals surface area contributed by atoms with Crippen LogP contribution in [0.5, 0.6) is 5.75 Å². The highest BCUT2D eigenvalue weighted by atomic mass is 32.2. The molecule has 0 bridgehead atoms. The standard InChI is InChI=1S/C12H10F3N3OS/c1-20-11-17-8(6-10(16)18-11)7-4-2-3-5-9(7)19-12(13,14)15/h2-6H,1H3,(H2,16,17,18). The predicted octanol–water partition coefficient (Wildman–Crippen LogP) is 3.35. The van der Waals surface area contributed by atoms with Crippen molar-refractivity contribution in [3.63, 3.8) is 0 Å². The third-order valence-corrected chi connectivity index (χ3v) is 2.84. The van der Waals surface area contributed by atoms with E-state index in [9.17, 15) is 13.2 Å². The van der Waals surface area contributed by atoms with Crippen LogP contribution in [0.2, 0.25) is 0 Å². The molecule has 8 heteroatoms. The van der Waals surface area contributed by atoms with Gasteiger partial charge in [0, 0.05) is 11.6 Å². The Morgan fingerprint density at radius 1 is 1.20 bits per heavy atom. The van der Waals surface area contributed by atoms with E-state index in [1.807, 2.05) is 0 Å². The lowest BCUT2D eigenvalue weighted by molar-refractivity contribution is -0.274. The third kappa shape index (κ3) is 3.53. The summed E-state index contributed by atoms with van der Waals surface area (Å²) in [4.78, 5) is 8.09. The second-order valence-corrected chi connectivity index (χ2v) is 4.48. The molecule has 0 amide bonds. The van der Waals surface area contributed by atoms with Crippen molar-refractivity contribution >= 4 is 17.6 Å². The maximum atomic E-state index is 12.4. The molecule has 1 aromatic heterocycles. The van der Waals surface area contributed by atoms with Crippen LogP contribution >= 0.6 is 11.8 Å². The quantitative estimate of drug-likeness (QED) is 0.696. The number of alkyl halides is 3. The topological polar surface area (TPSA) is 61.0 Å². The Bertz CT molecular complexity index is 619. The van der Waals surface area contributed by atoms with Gasteiger partial charge < -0.3 is 10.5 Å². The third-order valence-electron chi connectivity index (χ3n) is 2.30. The van der Waals surface area contributed by atoms with Gasteiger partial charge in [0.05, 0.1) is 5.69 Å². The second-order valence-electron chi connectivity index (χ2n) is 3.71. The van der Waals surface area contributed by atoms with Crippen LogP contribution in [0.4, 0.5) is 19.0 Å². The average molecular weight is 301 g/mol. The molecule has 0 saturated heterocycles. The number of nitrogens with two attached hydrogens (primary N) is 1. The van der Waals surface area contributed by atoms with E-state index in [0.29, 0.717) is 5.16 Å². The van der Waals surface area contributed by atoms with E-state index in [1.165, 1.54) is 36.0 Å². The Kier molecular flexibility index (Phi) is 4.03. The van der Waals surface area contributed by atoms with Crippen molar-refractivity contribution in [2.45, 2.75) is 11.5 Å². The zero-order valence-electron chi connectivity index (χ0n) is 10.3. The molecule has 0 fully saturated rings. The molecule has 0 unspecified atom stereocenters. The number of para-hydroxylation sites is 1. The Morgan fingerprint density at radius 2 is 1.90 bits per heavy atom. The smallest absolute Gasteiger partial charge is 0.405 e. The molecule has 2 aromatic rings. The van der Waals surface area contributed by atoms with Crippen molar-refractivity contribution in [3.05, 3.63) is 30.3 Å². The lowest BCUT2D eigenvalue weighted by Gasteiger charge is -2.13. The van der Waals surface area contributed by atoms with Crippen LogP contribution in [0, 0.1) is 0 Å². The first-order valence-electron chi connectivity index (χ1n) is 5.43. The van der Waals surface area contributed by atoms with Crippen molar-refractivity contribution in [1.82, 2.24) is 9.97 Å². The molecule has 0 saturated carbocycles. The molecule has 1 aromatic carbocycles. The maximum Gasteiger partial charge on any atom is 0.573 e. The fraction of sp³-hybridized carbons (Fsp3) is 0.167. The minimum absolute atomic E-state index is 0.182. The zero-order valence-corrected chi connectivity index (χ0v) is 11.1. The van der Waals surface area contributed by atoms with Crippen LogP contribution in [0.1, 0.15) is 0 Å². The van der Waals surface area contributed by atoms with E-state index in [2.05, 4.69) is 14.7 Å². The van der Waals surface area contributed by atoms with Crippen LogP contribution in [0.25, 0.3) is 11.3 Å². The molecule has 0 aliphatic rings. The van der Waals surface area contributed by atoms with Gasteiger partial charge in [-0.25, -0.2) is 9.97 Å². The van der Waals surface area contributed by atoms with Crippen LogP contribution in [-0.4, -0.2) is 22.6 Å². The molecule has 2 N–H and O–H groups in total. The van der Waals surface area contributed by atoms with Crippen molar-refractivity contribution < 1.29 is 17.9 Å². The largest absolute Gasteiger partial charge is 0.573 e. The van der Waals surface area contributed by atoms with Crippen molar-refractivity contribution in [2.24, 2.45) is 0 Å². The normalized spacial score (nSPS) is 11.4. The number of hydrogen-bond acceptors (Lipinski definition) is 5.